The highest BCUT2D eigenvalue weighted by molar-refractivity contribution is 6.30. The van der Waals surface area contributed by atoms with Gasteiger partial charge in [0.1, 0.15) is 17.5 Å². The van der Waals surface area contributed by atoms with Gasteiger partial charge in [-0.05, 0) is 24.3 Å². The fourth-order valence-corrected chi connectivity index (χ4v) is 1.97. The van der Waals surface area contributed by atoms with E-state index in [1.54, 1.807) is 42.3 Å². The molecule has 0 unspecified atom stereocenters. The molecule has 0 saturated carbocycles. The summed E-state index contributed by atoms with van der Waals surface area (Å²) in [6, 6.07) is 8.69. The van der Waals surface area contributed by atoms with Crippen LogP contribution in [-0.2, 0) is 9.53 Å². The highest BCUT2D eigenvalue weighted by Gasteiger charge is 2.12. The molecule has 0 aliphatic rings. The molecular weight excluding hydrogens is 313 g/mol. The molecule has 21 heavy (non-hydrogen) atoms. The summed E-state index contributed by atoms with van der Waals surface area (Å²) in [6.07, 6.45) is 0. The lowest BCUT2D eigenvalue weighted by molar-refractivity contribution is -0.138. The summed E-state index contributed by atoms with van der Waals surface area (Å²) in [6.45, 7) is 0.0733. The molecule has 0 bridgehead atoms. The number of carbonyl (C=O) groups is 1. The van der Waals surface area contributed by atoms with Gasteiger partial charge < -0.3 is 9.64 Å². The first-order valence-electron chi connectivity index (χ1n) is 6.08. The molecule has 7 heteroatoms. The van der Waals surface area contributed by atoms with Gasteiger partial charge in [0, 0.05) is 23.7 Å². The smallest absolute Gasteiger partial charge is 0.325 e. The molecule has 0 amide bonds. The van der Waals surface area contributed by atoms with Gasteiger partial charge in [-0.15, -0.1) is 0 Å². The molecular formula is C14H13Cl2N3O2. The average molecular weight is 326 g/mol. The number of likely N-dealkylation sites (N-methyl/N-ethyl adjacent to an activating group) is 1. The second kappa shape index (κ2) is 6.74. The molecule has 1 aromatic heterocycles. The minimum absolute atomic E-state index is 0.0733. The van der Waals surface area contributed by atoms with Crippen molar-refractivity contribution in [3.05, 3.63) is 40.5 Å². The van der Waals surface area contributed by atoms with E-state index in [2.05, 4.69) is 14.7 Å². The molecule has 1 aromatic carbocycles. The number of anilines is 1. The molecule has 1 heterocycles. The SMILES string of the molecule is COC(=O)CN(C)c1cc(Cl)nc(-c2ccc(Cl)cc2)n1. The van der Waals surface area contributed by atoms with Crippen LogP contribution in [0.25, 0.3) is 11.4 Å². The van der Waals surface area contributed by atoms with Crippen molar-refractivity contribution in [2.45, 2.75) is 0 Å². The Kier molecular flexibility index (Phi) is 4.98. The standard InChI is InChI=1S/C14H13Cl2N3O2/c1-19(8-13(20)21-2)12-7-11(16)17-14(18-12)9-3-5-10(15)6-4-9/h3-7H,8H2,1-2H3. The summed E-state index contributed by atoms with van der Waals surface area (Å²) in [5, 5.41) is 0.922. The van der Waals surface area contributed by atoms with Crippen molar-refractivity contribution in [1.82, 2.24) is 9.97 Å². The first-order valence-corrected chi connectivity index (χ1v) is 6.83. The third-order valence-corrected chi connectivity index (χ3v) is 3.21. The highest BCUT2D eigenvalue weighted by atomic mass is 35.5. The quantitative estimate of drug-likeness (QED) is 0.638. The van der Waals surface area contributed by atoms with Crippen molar-refractivity contribution in [3.63, 3.8) is 0 Å². The fourth-order valence-electron chi connectivity index (χ4n) is 1.67. The maximum absolute atomic E-state index is 11.3. The van der Waals surface area contributed by atoms with Crippen molar-refractivity contribution < 1.29 is 9.53 Å². The van der Waals surface area contributed by atoms with Crippen molar-refractivity contribution in [2.24, 2.45) is 0 Å². The third kappa shape index (κ3) is 4.06. The Labute approximate surface area is 132 Å². The van der Waals surface area contributed by atoms with Crippen LogP contribution in [0.5, 0.6) is 0 Å². The van der Waals surface area contributed by atoms with E-state index in [-0.39, 0.29) is 12.5 Å². The lowest BCUT2D eigenvalue weighted by Gasteiger charge is -2.17. The number of hydrogen-bond acceptors (Lipinski definition) is 5. The molecule has 0 aliphatic carbocycles. The summed E-state index contributed by atoms with van der Waals surface area (Å²) >= 11 is 11.9. The van der Waals surface area contributed by atoms with E-state index in [9.17, 15) is 4.79 Å². The van der Waals surface area contributed by atoms with Gasteiger partial charge in [-0.3, -0.25) is 4.79 Å². The van der Waals surface area contributed by atoms with E-state index < -0.39 is 0 Å². The Balaban J connectivity index is 2.32. The van der Waals surface area contributed by atoms with Crippen LogP contribution in [0.2, 0.25) is 10.2 Å². The maximum Gasteiger partial charge on any atom is 0.325 e. The molecule has 2 rings (SSSR count). The van der Waals surface area contributed by atoms with E-state index in [1.165, 1.54) is 7.11 Å². The molecule has 2 aromatic rings. The van der Waals surface area contributed by atoms with Crippen LogP contribution in [-0.4, -0.2) is 36.6 Å². The van der Waals surface area contributed by atoms with Crippen molar-refractivity contribution in [3.8, 4) is 11.4 Å². The van der Waals surface area contributed by atoms with Crippen molar-refractivity contribution in [1.29, 1.82) is 0 Å². The molecule has 0 spiro atoms. The van der Waals surface area contributed by atoms with Crippen LogP contribution in [0.4, 0.5) is 5.82 Å². The highest BCUT2D eigenvalue weighted by Crippen LogP contribution is 2.23. The first-order chi connectivity index (χ1) is 9.99. The van der Waals surface area contributed by atoms with Crippen LogP contribution < -0.4 is 4.90 Å². The monoisotopic (exact) mass is 325 g/mol. The number of halogens is 2. The summed E-state index contributed by atoms with van der Waals surface area (Å²) in [7, 11) is 3.06. The topological polar surface area (TPSA) is 55.3 Å². The number of aromatic nitrogens is 2. The zero-order chi connectivity index (χ0) is 15.4. The number of rotatable bonds is 4. The lowest BCUT2D eigenvalue weighted by Crippen LogP contribution is -2.27. The van der Waals surface area contributed by atoms with Crippen LogP contribution in [0, 0.1) is 0 Å². The number of esters is 1. The molecule has 0 aliphatic heterocycles. The minimum Gasteiger partial charge on any atom is -0.468 e. The van der Waals surface area contributed by atoms with E-state index in [1.807, 2.05) is 0 Å². The fraction of sp³-hybridized carbons (Fsp3) is 0.214. The van der Waals surface area contributed by atoms with Crippen LogP contribution in [0.15, 0.2) is 30.3 Å². The Morgan fingerprint density at radius 3 is 2.52 bits per heavy atom. The molecule has 0 radical (unpaired) electrons. The Morgan fingerprint density at radius 2 is 1.90 bits per heavy atom. The van der Waals surface area contributed by atoms with Crippen LogP contribution in [0.1, 0.15) is 0 Å². The number of nitrogens with zero attached hydrogens (tertiary/aromatic N) is 3. The summed E-state index contributed by atoms with van der Waals surface area (Å²) in [5.41, 5.74) is 0.787. The van der Waals surface area contributed by atoms with Crippen molar-refractivity contribution in [2.75, 3.05) is 25.6 Å². The zero-order valence-electron chi connectivity index (χ0n) is 11.5. The second-order valence-corrected chi connectivity index (χ2v) is 5.14. The number of hydrogen-bond donors (Lipinski definition) is 0. The van der Waals surface area contributed by atoms with E-state index >= 15 is 0 Å². The minimum atomic E-state index is -0.361. The van der Waals surface area contributed by atoms with Gasteiger partial charge >= 0.3 is 5.97 Å². The zero-order valence-corrected chi connectivity index (χ0v) is 13.0. The third-order valence-electron chi connectivity index (χ3n) is 2.77. The van der Waals surface area contributed by atoms with Gasteiger partial charge in [-0.2, -0.15) is 0 Å². The van der Waals surface area contributed by atoms with Gasteiger partial charge in [-0.25, -0.2) is 9.97 Å². The number of benzene rings is 1. The number of ether oxygens (including phenoxy) is 1. The maximum atomic E-state index is 11.3. The predicted octanol–water partition coefficient (Wildman–Crippen LogP) is 3.06. The molecule has 0 fully saturated rings. The van der Waals surface area contributed by atoms with Gasteiger partial charge in [-0.1, -0.05) is 23.2 Å². The average Bonchev–Trinajstić information content (AvgIpc) is 2.47. The number of methoxy groups -OCH3 is 1. The normalized spacial score (nSPS) is 10.3. The summed E-state index contributed by atoms with van der Waals surface area (Å²) in [5.74, 6) is 0.636. The van der Waals surface area contributed by atoms with Crippen molar-refractivity contribution >= 4 is 35.0 Å². The largest absolute Gasteiger partial charge is 0.468 e. The Hall–Kier alpha value is -1.85. The molecule has 0 atom stereocenters. The van der Waals surface area contributed by atoms with Gasteiger partial charge in [0.2, 0.25) is 0 Å². The molecule has 0 N–H and O–H groups in total. The van der Waals surface area contributed by atoms with Crippen LogP contribution >= 0.6 is 23.2 Å². The van der Waals surface area contributed by atoms with E-state index in [0.717, 1.165) is 5.56 Å². The Morgan fingerprint density at radius 1 is 1.24 bits per heavy atom. The lowest BCUT2D eigenvalue weighted by atomic mass is 10.2. The Bertz CT molecular complexity index is 647. The summed E-state index contributed by atoms with van der Waals surface area (Å²) < 4.78 is 4.63. The summed E-state index contributed by atoms with van der Waals surface area (Å²) in [4.78, 5) is 21.5. The predicted molar refractivity (Wildman–Crippen MR) is 82.8 cm³/mol. The van der Waals surface area contributed by atoms with E-state index in [4.69, 9.17) is 23.2 Å². The first kappa shape index (κ1) is 15.5. The van der Waals surface area contributed by atoms with Gasteiger partial charge in [0.15, 0.2) is 5.82 Å². The van der Waals surface area contributed by atoms with E-state index in [0.29, 0.717) is 21.8 Å². The second-order valence-electron chi connectivity index (χ2n) is 4.31. The van der Waals surface area contributed by atoms with Gasteiger partial charge in [0.25, 0.3) is 0 Å². The molecule has 0 saturated heterocycles. The molecule has 110 valence electrons. The molecule has 5 nitrogen and oxygen atoms in total. The van der Waals surface area contributed by atoms with Crippen LogP contribution in [0.3, 0.4) is 0 Å². The van der Waals surface area contributed by atoms with Gasteiger partial charge in [0.05, 0.1) is 7.11 Å². The number of carbonyl (C=O) groups excluding carboxylic acids is 1.